The van der Waals surface area contributed by atoms with Crippen LogP contribution in [-0.2, 0) is 28.6 Å². The van der Waals surface area contributed by atoms with Gasteiger partial charge in [0, 0.05) is 19.3 Å². The second-order valence-electron chi connectivity index (χ2n) is 22.4. The maximum Gasteiger partial charge on any atom is 0.306 e. The Morgan fingerprint density at radius 2 is 0.487 bits per heavy atom. The lowest BCUT2D eigenvalue weighted by Crippen LogP contribution is -2.30. The van der Waals surface area contributed by atoms with E-state index >= 15 is 0 Å². The van der Waals surface area contributed by atoms with Gasteiger partial charge in [0.25, 0.3) is 0 Å². The largest absolute Gasteiger partial charge is 0.462 e. The molecule has 0 rings (SSSR count). The molecule has 0 saturated carbocycles. The molecule has 0 fully saturated rings. The van der Waals surface area contributed by atoms with Crippen LogP contribution >= 0.6 is 0 Å². The first kappa shape index (κ1) is 76.1. The molecule has 0 amide bonds. The van der Waals surface area contributed by atoms with Crippen molar-refractivity contribution in [1.82, 2.24) is 0 Å². The van der Waals surface area contributed by atoms with E-state index in [9.17, 15) is 14.4 Å². The molecule has 0 aromatic heterocycles. The summed E-state index contributed by atoms with van der Waals surface area (Å²) in [5.74, 6) is -0.909. The van der Waals surface area contributed by atoms with E-state index in [1.165, 1.54) is 161 Å². The number of ether oxygens (including phenoxy) is 3. The van der Waals surface area contributed by atoms with Gasteiger partial charge in [0.05, 0.1) is 0 Å². The maximum absolute atomic E-state index is 12.9. The van der Waals surface area contributed by atoms with Crippen molar-refractivity contribution in [3.8, 4) is 0 Å². The molecule has 0 aromatic rings. The highest BCUT2D eigenvalue weighted by Gasteiger charge is 2.19. The predicted octanol–water partition coefficient (Wildman–Crippen LogP) is 23.4. The highest BCUT2D eigenvalue weighted by atomic mass is 16.6. The molecular weight excluding hydrogens is 985 g/mol. The number of allylic oxidation sites excluding steroid dienone is 18. The summed E-state index contributed by atoms with van der Waals surface area (Å²) in [4.78, 5) is 38.3. The SMILES string of the molecule is CC/C=C\C/C=C\C/C=C\C/C=C\C/C=C\C/C=C\C/C=C\C/C=C\C/C=C\CCCCCC(=O)OCC(COC(=O)CCCCCCCCCCCC)OC(=O)CCCCCCCCCCCCCCCCCCCCCCC. The fourth-order valence-corrected chi connectivity index (χ4v) is 9.50. The monoisotopic (exact) mass is 1110 g/mol. The van der Waals surface area contributed by atoms with Gasteiger partial charge in [-0.05, 0) is 89.9 Å². The van der Waals surface area contributed by atoms with Gasteiger partial charge in [0.15, 0.2) is 6.10 Å². The first-order chi connectivity index (χ1) is 39.5. The molecule has 0 saturated heterocycles. The van der Waals surface area contributed by atoms with Crippen LogP contribution in [0.25, 0.3) is 0 Å². The molecule has 6 nitrogen and oxygen atoms in total. The number of carbonyl (C=O) groups excluding carboxylic acids is 3. The van der Waals surface area contributed by atoms with Crippen molar-refractivity contribution in [3.05, 3.63) is 109 Å². The molecule has 0 radical (unpaired) electrons. The Balaban J connectivity index is 4.30. The van der Waals surface area contributed by atoms with Crippen LogP contribution in [-0.4, -0.2) is 37.2 Å². The molecule has 458 valence electrons. The van der Waals surface area contributed by atoms with Crippen molar-refractivity contribution in [2.45, 2.75) is 329 Å². The molecule has 0 heterocycles. The summed E-state index contributed by atoms with van der Waals surface area (Å²) in [5.41, 5.74) is 0. The third-order valence-corrected chi connectivity index (χ3v) is 14.5. The Labute approximate surface area is 495 Å². The molecule has 0 aliphatic heterocycles. The second kappa shape index (κ2) is 67.6. The Bertz CT molecular complexity index is 1610. The molecule has 1 atom stereocenters. The number of unbranched alkanes of at least 4 members (excludes halogenated alkanes) is 32. The summed E-state index contributed by atoms with van der Waals surface area (Å²) in [7, 11) is 0. The van der Waals surface area contributed by atoms with Crippen LogP contribution in [0.2, 0.25) is 0 Å². The first-order valence-corrected chi connectivity index (χ1v) is 33.9. The van der Waals surface area contributed by atoms with Gasteiger partial charge >= 0.3 is 17.9 Å². The summed E-state index contributed by atoms with van der Waals surface area (Å²) in [5, 5.41) is 0. The zero-order chi connectivity index (χ0) is 57.8. The van der Waals surface area contributed by atoms with Crippen LogP contribution < -0.4 is 0 Å². The minimum atomic E-state index is -0.790. The smallest absolute Gasteiger partial charge is 0.306 e. The average Bonchev–Trinajstić information content (AvgIpc) is 3.46. The van der Waals surface area contributed by atoms with Gasteiger partial charge in [0.1, 0.15) is 13.2 Å². The molecule has 6 heteroatoms. The van der Waals surface area contributed by atoms with Gasteiger partial charge < -0.3 is 14.2 Å². The van der Waals surface area contributed by atoms with Gasteiger partial charge in [-0.15, -0.1) is 0 Å². The van der Waals surface area contributed by atoms with Crippen LogP contribution in [0, 0.1) is 0 Å². The zero-order valence-corrected chi connectivity index (χ0v) is 52.6. The predicted molar refractivity (Wildman–Crippen MR) is 348 cm³/mol. The van der Waals surface area contributed by atoms with E-state index in [4.69, 9.17) is 14.2 Å². The fraction of sp³-hybridized carbons (Fsp3) is 0.716. The summed E-state index contributed by atoms with van der Waals surface area (Å²) < 4.78 is 16.9. The Morgan fingerprint density at radius 1 is 0.263 bits per heavy atom. The topological polar surface area (TPSA) is 78.9 Å². The van der Waals surface area contributed by atoms with Crippen LogP contribution in [0.1, 0.15) is 323 Å². The number of esters is 3. The van der Waals surface area contributed by atoms with Gasteiger partial charge in [-0.2, -0.15) is 0 Å². The maximum atomic E-state index is 12.9. The summed E-state index contributed by atoms with van der Waals surface area (Å²) in [6, 6.07) is 0. The molecule has 0 bridgehead atoms. The van der Waals surface area contributed by atoms with Gasteiger partial charge in [0.2, 0.25) is 0 Å². The lowest BCUT2D eigenvalue weighted by molar-refractivity contribution is -0.167. The van der Waals surface area contributed by atoms with Gasteiger partial charge in [-0.25, -0.2) is 0 Å². The standard InChI is InChI=1S/C74H126O6/c1-4-7-10-13-16-19-22-24-26-28-30-32-33-34-35-36-37-38-39-40-41-43-44-46-48-50-52-55-58-61-64-67-73(76)79-70-71(69-78-72(75)66-63-60-57-54-21-18-15-12-9-6-3)80-74(77)68-65-62-59-56-53-51-49-47-45-42-31-29-27-25-23-20-17-14-11-8-5-2/h7,10,16,19,24,26,30,32,34-35,37-38,40-41,44,46,50,52,71H,4-6,8-9,11-15,17-18,20-23,25,27-29,31,33,36,39,42-43,45,47-49,51,53-70H2,1-3H3/b10-7-,19-16-,26-24-,32-30-,35-34-,38-37-,41-40-,46-44-,52-50-. The van der Waals surface area contributed by atoms with Crippen molar-refractivity contribution < 1.29 is 28.6 Å². The van der Waals surface area contributed by atoms with Crippen molar-refractivity contribution >= 4 is 17.9 Å². The number of carbonyl (C=O) groups is 3. The second-order valence-corrected chi connectivity index (χ2v) is 22.4. The van der Waals surface area contributed by atoms with E-state index in [0.717, 1.165) is 122 Å². The summed E-state index contributed by atoms with van der Waals surface area (Å²) in [6.45, 7) is 6.52. The third-order valence-electron chi connectivity index (χ3n) is 14.5. The highest BCUT2D eigenvalue weighted by Crippen LogP contribution is 2.17. The normalized spacial score (nSPS) is 12.8. The van der Waals surface area contributed by atoms with E-state index in [1.807, 2.05) is 0 Å². The van der Waals surface area contributed by atoms with Crippen LogP contribution in [0.4, 0.5) is 0 Å². The summed E-state index contributed by atoms with van der Waals surface area (Å²) in [6.07, 6.45) is 92.6. The minimum absolute atomic E-state index is 0.0851. The van der Waals surface area contributed by atoms with Crippen molar-refractivity contribution in [3.63, 3.8) is 0 Å². The van der Waals surface area contributed by atoms with E-state index in [2.05, 4.69) is 130 Å². The van der Waals surface area contributed by atoms with E-state index in [0.29, 0.717) is 19.3 Å². The Morgan fingerprint density at radius 3 is 0.762 bits per heavy atom. The molecule has 0 aliphatic carbocycles. The Kier molecular flexibility index (Phi) is 64.3. The molecule has 0 aromatic carbocycles. The van der Waals surface area contributed by atoms with Crippen molar-refractivity contribution in [2.75, 3.05) is 13.2 Å². The van der Waals surface area contributed by atoms with Crippen molar-refractivity contribution in [2.24, 2.45) is 0 Å². The van der Waals surface area contributed by atoms with Crippen molar-refractivity contribution in [1.29, 1.82) is 0 Å². The fourth-order valence-electron chi connectivity index (χ4n) is 9.50. The molecule has 0 N–H and O–H groups in total. The van der Waals surface area contributed by atoms with Crippen LogP contribution in [0.15, 0.2) is 109 Å². The lowest BCUT2D eigenvalue weighted by atomic mass is 10.0. The summed E-state index contributed by atoms with van der Waals surface area (Å²) >= 11 is 0. The molecular formula is C74H126O6. The number of hydrogen-bond donors (Lipinski definition) is 0. The lowest BCUT2D eigenvalue weighted by Gasteiger charge is -2.18. The first-order valence-electron chi connectivity index (χ1n) is 33.9. The zero-order valence-electron chi connectivity index (χ0n) is 52.6. The average molecular weight is 1110 g/mol. The van der Waals surface area contributed by atoms with Gasteiger partial charge in [-0.3, -0.25) is 14.4 Å². The highest BCUT2D eigenvalue weighted by molar-refractivity contribution is 5.71. The number of hydrogen-bond acceptors (Lipinski definition) is 6. The van der Waals surface area contributed by atoms with E-state index < -0.39 is 6.10 Å². The molecule has 1 unspecified atom stereocenters. The van der Waals surface area contributed by atoms with Gasteiger partial charge in [-0.1, -0.05) is 323 Å². The molecule has 0 aliphatic rings. The molecule has 0 spiro atoms. The minimum Gasteiger partial charge on any atom is -0.462 e. The third kappa shape index (κ3) is 64.9. The van der Waals surface area contributed by atoms with Crippen LogP contribution in [0.3, 0.4) is 0 Å². The molecule has 80 heavy (non-hydrogen) atoms. The van der Waals surface area contributed by atoms with Crippen LogP contribution in [0.5, 0.6) is 0 Å². The van der Waals surface area contributed by atoms with E-state index in [1.54, 1.807) is 0 Å². The van der Waals surface area contributed by atoms with E-state index in [-0.39, 0.29) is 31.1 Å². The Hall–Kier alpha value is -3.93. The number of rotatable bonds is 61. The quantitative estimate of drug-likeness (QED) is 0.0261.